The van der Waals surface area contributed by atoms with E-state index in [-0.39, 0.29) is 0 Å². The van der Waals surface area contributed by atoms with Crippen LogP contribution in [0.25, 0.3) is 33.4 Å². The number of rotatable bonds is 6. The summed E-state index contributed by atoms with van der Waals surface area (Å²) < 4.78 is 0. The molecule has 0 radical (unpaired) electrons. The first-order valence-electron chi connectivity index (χ1n) is 14.2. The zero-order valence-electron chi connectivity index (χ0n) is 23.7. The molecule has 0 saturated carbocycles. The molecule has 0 saturated heterocycles. The van der Waals surface area contributed by atoms with Gasteiger partial charge in [0.1, 0.15) is 0 Å². The third kappa shape index (κ3) is 4.86. The predicted octanol–water partition coefficient (Wildman–Crippen LogP) is 8.82. The van der Waals surface area contributed by atoms with Crippen molar-refractivity contribution in [1.29, 1.82) is 0 Å². The molecule has 200 valence electrons. The molecule has 0 unspecified atom stereocenters. The summed E-state index contributed by atoms with van der Waals surface area (Å²) in [5.41, 5.74) is 10.8. The molecule has 6 aromatic carbocycles. The fraction of sp³-hybridized carbons (Fsp3) is 0.0769. The fourth-order valence-electron chi connectivity index (χ4n) is 6.32. The number of hydrogen-bond donors (Lipinski definition) is 0. The van der Waals surface area contributed by atoms with E-state index < -0.39 is 7.38 Å². The van der Waals surface area contributed by atoms with Crippen LogP contribution in [0.2, 0.25) is 0 Å². The highest BCUT2D eigenvalue weighted by Crippen LogP contribution is 2.32. The van der Waals surface area contributed by atoms with E-state index in [1.807, 2.05) is 0 Å². The SMILES string of the molecule is Cc1cccc(-c2ccccc2)c1[Si](Cl)(c1c(C)cccc1-c1ccccc1)c1c(C)cccc1-c1ccccc1. The van der Waals surface area contributed by atoms with Gasteiger partial charge >= 0.3 is 0 Å². The van der Waals surface area contributed by atoms with Crippen molar-refractivity contribution in [3.05, 3.63) is 162 Å². The fourth-order valence-corrected chi connectivity index (χ4v) is 13.0. The lowest BCUT2D eigenvalue weighted by atomic mass is 10.0. The van der Waals surface area contributed by atoms with Gasteiger partial charge in [-0.2, -0.15) is 0 Å². The van der Waals surface area contributed by atoms with Gasteiger partial charge in [-0.3, -0.25) is 0 Å². The van der Waals surface area contributed by atoms with Gasteiger partial charge in [0.25, 0.3) is 7.38 Å². The molecule has 0 aliphatic carbocycles. The van der Waals surface area contributed by atoms with E-state index in [0.717, 1.165) is 0 Å². The van der Waals surface area contributed by atoms with Crippen molar-refractivity contribution in [2.75, 3.05) is 0 Å². The van der Waals surface area contributed by atoms with Gasteiger partial charge in [-0.1, -0.05) is 146 Å². The second-order valence-electron chi connectivity index (χ2n) is 10.7. The molecule has 6 rings (SSSR count). The minimum Gasteiger partial charge on any atom is -0.149 e. The summed E-state index contributed by atoms with van der Waals surface area (Å²) >= 11 is 8.64. The van der Waals surface area contributed by atoms with Crippen LogP contribution >= 0.6 is 11.1 Å². The van der Waals surface area contributed by atoms with E-state index in [0.29, 0.717) is 0 Å². The van der Waals surface area contributed by atoms with E-state index in [9.17, 15) is 0 Å². The molecule has 0 spiro atoms. The first kappa shape index (κ1) is 27.0. The van der Waals surface area contributed by atoms with Crippen molar-refractivity contribution in [3.8, 4) is 33.4 Å². The molecule has 41 heavy (non-hydrogen) atoms. The minimum absolute atomic E-state index is 1.19. The van der Waals surface area contributed by atoms with Crippen molar-refractivity contribution in [2.24, 2.45) is 0 Å². The van der Waals surface area contributed by atoms with Crippen LogP contribution in [0.5, 0.6) is 0 Å². The zero-order chi connectivity index (χ0) is 28.4. The van der Waals surface area contributed by atoms with Gasteiger partial charge < -0.3 is 0 Å². The van der Waals surface area contributed by atoms with Crippen LogP contribution in [0.4, 0.5) is 0 Å². The smallest absolute Gasteiger partial charge is 0.149 e. The molecule has 6 aromatic rings. The van der Waals surface area contributed by atoms with Crippen molar-refractivity contribution in [1.82, 2.24) is 0 Å². The van der Waals surface area contributed by atoms with E-state index in [2.05, 4.69) is 166 Å². The Kier molecular flexibility index (Phi) is 7.49. The van der Waals surface area contributed by atoms with E-state index in [1.165, 1.54) is 65.6 Å². The van der Waals surface area contributed by atoms with Gasteiger partial charge in [0.15, 0.2) is 0 Å². The monoisotopic (exact) mass is 564 g/mol. The van der Waals surface area contributed by atoms with E-state index in [4.69, 9.17) is 11.1 Å². The van der Waals surface area contributed by atoms with Gasteiger partial charge in [-0.25, -0.2) is 0 Å². The van der Waals surface area contributed by atoms with Gasteiger partial charge in [0.05, 0.1) is 0 Å². The second-order valence-corrected chi connectivity index (χ2v) is 15.3. The molecular weight excluding hydrogens is 532 g/mol. The Morgan fingerprint density at radius 1 is 0.341 bits per heavy atom. The maximum absolute atomic E-state index is 8.64. The Morgan fingerprint density at radius 3 is 0.878 bits per heavy atom. The van der Waals surface area contributed by atoms with Crippen LogP contribution < -0.4 is 15.6 Å². The number of benzene rings is 6. The summed E-state index contributed by atoms with van der Waals surface area (Å²) in [6.45, 7) is 6.69. The maximum atomic E-state index is 8.64. The van der Waals surface area contributed by atoms with Crippen molar-refractivity contribution >= 4 is 34.0 Å². The Bertz CT molecular complexity index is 1590. The van der Waals surface area contributed by atoms with Crippen LogP contribution in [0.1, 0.15) is 16.7 Å². The van der Waals surface area contributed by atoms with Crippen molar-refractivity contribution < 1.29 is 0 Å². The average Bonchev–Trinajstić information content (AvgIpc) is 3.01. The van der Waals surface area contributed by atoms with Gasteiger partial charge in [-0.05, 0) is 86.4 Å². The largest absolute Gasteiger partial charge is 0.250 e. The summed E-state index contributed by atoms with van der Waals surface area (Å²) in [6, 6.07) is 52.1. The van der Waals surface area contributed by atoms with Crippen molar-refractivity contribution in [2.45, 2.75) is 20.8 Å². The number of aryl methyl sites for hydroxylation is 3. The quantitative estimate of drug-likeness (QED) is 0.108. The molecule has 0 nitrogen and oxygen atoms in total. The third-order valence-corrected chi connectivity index (χ3v) is 13.9. The molecule has 0 aliphatic heterocycles. The molecule has 2 heteroatoms. The molecule has 0 amide bonds. The van der Waals surface area contributed by atoms with Crippen LogP contribution in [-0.2, 0) is 0 Å². The van der Waals surface area contributed by atoms with Crippen LogP contribution in [0.15, 0.2) is 146 Å². The molecule has 0 atom stereocenters. The summed E-state index contributed by atoms with van der Waals surface area (Å²) in [6.07, 6.45) is 0. The third-order valence-electron chi connectivity index (χ3n) is 8.11. The highest BCUT2D eigenvalue weighted by atomic mass is 35.6. The van der Waals surface area contributed by atoms with Crippen LogP contribution in [-0.4, -0.2) is 7.38 Å². The van der Waals surface area contributed by atoms with Crippen LogP contribution in [0, 0.1) is 20.8 Å². The Labute approximate surface area is 249 Å². The topological polar surface area (TPSA) is 0 Å². The van der Waals surface area contributed by atoms with Crippen molar-refractivity contribution in [3.63, 3.8) is 0 Å². The molecule has 0 heterocycles. The molecular formula is C39H33ClSi. The lowest BCUT2D eigenvalue weighted by Gasteiger charge is -2.36. The standard InChI is InChI=1S/C39H33ClSi/c1-28-16-13-25-34(31-19-7-4-8-20-31)37(28)41(40,38-29(2)17-14-26-35(38)32-21-9-5-10-22-32)39-30(3)18-15-27-36(39)33-23-11-6-12-24-33/h4-27H,1-3H3. The lowest BCUT2D eigenvalue weighted by Crippen LogP contribution is -2.66. The average molecular weight is 565 g/mol. The van der Waals surface area contributed by atoms with Gasteiger partial charge in [0, 0.05) is 0 Å². The van der Waals surface area contributed by atoms with Gasteiger partial charge in [-0.15, -0.1) is 11.1 Å². The maximum Gasteiger partial charge on any atom is 0.250 e. The summed E-state index contributed by atoms with van der Waals surface area (Å²) in [4.78, 5) is 0. The summed E-state index contributed by atoms with van der Waals surface area (Å²) in [7, 11) is -3.22. The minimum atomic E-state index is -3.22. The Hall–Kier alpha value is -4.17. The summed E-state index contributed by atoms with van der Waals surface area (Å²) in [5, 5.41) is 3.77. The predicted molar refractivity (Wildman–Crippen MR) is 180 cm³/mol. The molecule has 0 aliphatic rings. The Morgan fingerprint density at radius 2 is 0.610 bits per heavy atom. The molecule has 0 aromatic heterocycles. The Balaban J connectivity index is 1.81. The van der Waals surface area contributed by atoms with E-state index >= 15 is 0 Å². The van der Waals surface area contributed by atoms with Gasteiger partial charge in [0.2, 0.25) is 0 Å². The second kappa shape index (κ2) is 11.4. The number of halogens is 1. The molecule has 0 bridgehead atoms. The molecule has 0 fully saturated rings. The first-order chi connectivity index (χ1) is 20.0. The van der Waals surface area contributed by atoms with E-state index in [1.54, 1.807) is 0 Å². The highest BCUT2D eigenvalue weighted by Gasteiger charge is 2.46. The number of hydrogen-bond acceptors (Lipinski definition) is 0. The van der Waals surface area contributed by atoms with Crippen LogP contribution in [0.3, 0.4) is 0 Å². The first-order valence-corrected chi connectivity index (χ1v) is 17.2. The molecule has 0 N–H and O–H groups in total. The summed E-state index contributed by atoms with van der Waals surface area (Å²) in [5.74, 6) is 0. The zero-order valence-corrected chi connectivity index (χ0v) is 25.5. The lowest BCUT2D eigenvalue weighted by molar-refractivity contribution is 1.46. The normalized spacial score (nSPS) is 11.4. The highest BCUT2D eigenvalue weighted by molar-refractivity contribution is 7.41.